The van der Waals surface area contributed by atoms with Crippen LogP contribution >= 0.6 is 0 Å². The Morgan fingerprint density at radius 3 is 2.61 bits per heavy atom. The number of aromatic nitrogens is 2. The minimum Gasteiger partial charge on any atom is -0.354 e. The van der Waals surface area contributed by atoms with E-state index in [9.17, 15) is 18.4 Å². The number of nitrogens with zero attached hydrogens (tertiary/aromatic N) is 3. The van der Waals surface area contributed by atoms with Crippen LogP contribution in [-0.2, 0) is 13.5 Å². The molecule has 0 bridgehead atoms. The van der Waals surface area contributed by atoms with E-state index in [0.29, 0.717) is 23.2 Å². The zero-order valence-corrected chi connectivity index (χ0v) is 20.3. The lowest BCUT2D eigenvalue weighted by molar-refractivity contribution is 0.0958. The van der Waals surface area contributed by atoms with E-state index < -0.39 is 6.43 Å². The molecule has 0 saturated heterocycles. The standard InChI is InChI=1S/C28H26F2N4O2/c1-16-12-21-23(33(3)28(16)36)7-4-8-24(21)34-11-5-6-17-13-19(20(26(29)30)14-25(17)34)18-9-10-22(32-15-18)27(35)31-2/h4,7-10,12-15,26H,5-6,11H2,1-3H3,(H,31,35). The topological polar surface area (TPSA) is 67.2 Å². The average Bonchev–Trinajstić information content (AvgIpc) is 2.90. The highest BCUT2D eigenvalue weighted by atomic mass is 19.3. The molecule has 184 valence electrons. The zero-order chi connectivity index (χ0) is 25.6. The number of alkyl halides is 2. The molecule has 0 spiro atoms. The lowest BCUT2D eigenvalue weighted by Gasteiger charge is -2.33. The molecule has 0 unspecified atom stereocenters. The van der Waals surface area contributed by atoms with Gasteiger partial charge in [-0.3, -0.25) is 14.6 Å². The molecule has 5 rings (SSSR count). The molecule has 2 aromatic carbocycles. The Bertz CT molecular complexity index is 1540. The second kappa shape index (κ2) is 9.18. The van der Waals surface area contributed by atoms with Gasteiger partial charge in [-0.05, 0) is 67.3 Å². The van der Waals surface area contributed by atoms with E-state index in [1.807, 2.05) is 30.3 Å². The molecule has 1 amide bonds. The lowest BCUT2D eigenvalue weighted by atomic mass is 9.92. The number of fused-ring (bicyclic) bond motifs is 2. The van der Waals surface area contributed by atoms with E-state index in [0.717, 1.165) is 40.7 Å². The molecule has 36 heavy (non-hydrogen) atoms. The molecule has 4 aromatic rings. The van der Waals surface area contributed by atoms with Crippen LogP contribution in [0.25, 0.3) is 22.0 Å². The summed E-state index contributed by atoms with van der Waals surface area (Å²) in [7, 11) is 3.26. The van der Waals surface area contributed by atoms with E-state index in [-0.39, 0.29) is 22.7 Å². The van der Waals surface area contributed by atoms with Crippen molar-refractivity contribution >= 4 is 28.2 Å². The van der Waals surface area contributed by atoms with Gasteiger partial charge in [0.2, 0.25) is 0 Å². The lowest BCUT2D eigenvalue weighted by Crippen LogP contribution is -2.26. The summed E-state index contributed by atoms with van der Waals surface area (Å²) in [5, 5.41) is 3.41. The first-order valence-corrected chi connectivity index (χ1v) is 11.8. The molecule has 2 aromatic heterocycles. The summed E-state index contributed by atoms with van der Waals surface area (Å²) < 4.78 is 30.3. The number of benzene rings is 2. The van der Waals surface area contributed by atoms with Gasteiger partial charge in [0, 0.05) is 54.6 Å². The quantitative estimate of drug-likeness (QED) is 0.424. The van der Waals surface area contributed by atoms with Crippen LogP contribution < -0.4 is 15.8 Å². The van der Waals surface area contributed by atoms with Gasteiger partial charge in [-0.2, -0.15) is 0 Å². The largest absolute Gasteiger partial charge is 0.354 e. The highest BCUT2D eigenvalue weighted by Crippen LogP contribution is 2.42. The van der Waals surface area contributed by atoms with Gasteiger partial charge in [-0.1, -0.05) is 12.1 Å². The summed E-state index contributed by atoms with van der Waals surface area (Å²) in [6, 6.07) is 14.2. The molecule has 0 fully saturated rings. The van der Waals surface area contributed by atoms with Crippen molar-refractivity contribution in [1.29, 1.82) is 0 Å². The number of halogens is 2. The number of nitrogens with one attached hydrogen (secondary N) is 1. The molecule has 1 aliphatic heterocycles. The number of carbonyl (C=O) groups excluding carboxylic acids is 1. The third kappa shape index (κ3) is 3.92. The highest BCUT2D eigenvalue weighted by Gasteiger charge is 2.25. The maximum absolute atomic E-state index is 14.3. The predicted octanol–water partition coefficient (Wildman–Crippen LogP) is 5.29. The Morgan fingerprint density at radius 1 is 1.11 bits per heavy atom. The molecular weight excluding hydrogens is 462 g/mol. The maximum atomic E-state index is 14.3. The highest BCUT2D eigenvalue weighted by molar-refractivity contribution is 5.95. The summed E-state index contributed by atoms with van der Waals surface area (Å²) >= 11 is 0. The Labute approximate surface area is 207 Å². The molecule has 0 atom stereocenters. The van der Waals surface area contributed by atoms with Gasteiger partial charge in [0.1, 0.15) is 5.69 Å². The molecule has 0 radical (unpaired) electrons. The van der Waals surface area contributed by atoms with Gasteiger partial charge in [0.25, 0.3) is 17.9 Å². The number of aryl methyl sites for hydroxylation is 3. The van der Waals surface area contributed by atoms with Gasteiger partial charge in [-0.15, -0.1) is 0 Å². The number of amides is 1. The number of pyridine rings is 2. The van der Waals surface area contributed by atoms with Crippen LogP contribution in [-0.4, -0.2) is 29.1 Å². The Hall–Kier alpha value is -4.07. The minimum atomic E-state index is -2.69. The van der Waals surface area contributed by atoms with Crippen molar-refractivity contribution in [2.24, 2.45) is 7.05 Å². The van der Waals surface area contributed by atoms with Gasteiger partial charge in [-0.25, -0.2) is 8.78 Å². The monoisotopic (exact) mass is 488 g/mol. The number of hydrogen-bond acceptors (Lipinski definition) is 4. The smallest absolute Gasteiger partial charge is 0.269 e. The van der Waals surface area contributed by atoms with Gasteiger partial charge in [0.05, 0.1) is 11.2 Å². The summed E-state index contributed by atoms with van der Waals surface area (Å²) in [6.45, 7) is 2.46. The molecule has 1 aliphatic rings. The van der Waals surface area contributed by atoms with Crippen LogP contribution in [0.2, 0.25) is 0 Å². The van der Waals surface area contributed by atoms with E-state index in [2.05, 4.69) is 15.2 Å². The van der Waals surface area contributed by atoms with Gasteiger partial charge < -0.3 is 14.8 Å². The first-order valence-electron chi connectivity index (χ1n) is 11.8. The Balaban J connectivity index is 1.66. The van der Waals surface area contributed by atoms with Crippen molar-refractivity contribution in [1.82, 2.24) is 14.9 Å². The second-order valence-corrected chi connectivity index (χ2v) is 9.04. The fourth-order valence-corrected chi connectivity index (χ4v) is 5.01. The first-order chi connectivity index (χ1) is 17.3. The van der Waals surface area contributed by atoms with Crippen molar-refractivity contribution in [3.63, 3.8) is 0 Å². The van der Waals surface area contributed by atoms with Crippen molar-refractivity contribution in [2.75, 3.05) is 18.5 Å². The van der Waals surface area contributed by atoms with Gasteiger partial charge >= 0.3 is 0 Å². The molecule has 6 nitrogen and oxygen atoms in total. The van der Waals surface area contributed by atoms with Crippen LogP contribution in [0.3, 0.4) is 0 Å². The van der Waals surface area contributed by atoms with Crippen molar-refractivity contribution in [3.05, 3.63) is 87.5 Å². The number of rotatable bonds is 4. The summed E-state index contributed by atoms with van der Waals surface area (Å²) in [4.78, 5) is 30.5. The average molecular weight is 489 g/mol. The molecule has 8 heteroatoms. The van der Waals surface area contributed by atoms with E-state index in [1.165, 1.54) is 19.3 Å². The summed E-state index contributed by atoms with van der Waals surface area (Å²) in [5.41, 5.74) is 5.06. The van der Waals surface area contributed by atoms with Crippen LogP contribution in [0.4, 0.5) is 20.2 Å². The predicted molar refractivity (Wildman–Crippen MR) is 137 cm³/mol. The normalized spacial score (nSPS) is 13.2. The SMILES string of the molecule is CNC(=O)c1ccc(-c2cc3c(cc2C(F)F)N(c2cccc4c2cc(C)c(=O)n4C)CCC3)cn1. The molecular formula is C28H26F2N4O2. The van der Waals surface area contributed by atoms with Crippen molar-refractivity contribution in [3.8, 4) is 11.1 Å². The minimum absolute atomic E-state index is 0.0561. The molecule has 1 N–H and O–H groups in total. The molecule has 3 heterocycles. The molecule has 0 aliphatic carbocycles. The second-order valence-electron chi connectivity index (χ2n) is 9.04. The van der Waals surface area contributed by atoms with Crippen molar-refractivity contribution < 1.29 is 13.6 Å². The van der Waals surface area contributed by atoms with Crippen LogP contribution in [0.15, 0.2) is 59.5 Å². The Morgan fingerprint density at radius 2 is 1.92 bits per heavy atom. The number of carbonyl (C=O) groups is 1. The summed E-state index contributed by atoms with van der Waals surface area (Å²) in [6.07, 6.45) is 0.389. The fourth-order valence-electron chi connectivity index (χ4n) is 5.01. The number of hydrogen-bond donors (Lipinski definition) is 1. The van der Waals surface area contributed by atoms with Crippen LogP contribution in [0, 0.1) is 6.92 Å². The Kier molecular flexibility index (Phi) is 6.04. The van der Waals surface area contributed by atoms with Crippen molar-refractivity contribution in [2.45, 2.75) is 26.2 Å². The third-order valence-corrected chi connectivity index (χ3v) is 6.85. The maximum Gasteiger partial charge on any atom is 0.269 e. The third-order valence-electron chi connectivity index (χ3n) is 6.85. The zero-order valence-electron chi connectivity index (χ0n) is 20.3. The fraction of sp³-hybridized carbons (Fsp3) is 0.250. The van der Waals surface area contributed by atoms with E-state index in [1.54, 1.807) is 30.7 Å². The summed E-state index contributed by atoms with van der Waals surface area (Å²) in [5.74, 6) is -0.334. The first kappa shape index (κ1) is 23.7. The van der Waals surface area contributed by atoms with E-state index in [4.69, 9.17) is 0 Å². The molecule has 0 saturated carbocycles. The van der Waals surface area contributed by atoms with E-state index >= 15 is 0 Å². The van der Waals surface area contributed by atoms with Crippen LogP contribution in [0.5, 0.6) is 0 Å². The van der Waals surface area contributed by atoms with Gasteiger partial charge in [0.15, 0.2) is 0 Å². The number of anilines is 2. The van der Waals surface area contributed by atoms with Crippen LogP contribution in [0.1, 0.15) is 40.0 Å².